The Bertz CT molecular complexity index is 858. The summed E-state index contributed by atoms with van der Waals surface area (Å²) >= 11 is 11.0. The quantitative estimate of drug-likeness (QED) is 0.674. The second-order valence-electron chi connectivity index (χ2n) is 6.74. The molecule has 0 saturated carbocycles. The van der Waals surface area contributed by atoms with Crippen molar-refractivity contribution in [1.29, 1.82) is 0 Å². The van der Waals surface area contributed by atoms with Crippen LogP contribution >= 0.6 is 23.8 Å². The van der Waals surface area contributed by atoms with Crippen LogP contribution in [0, 0.1) is 0 Å². The standard InChI is InChI=1S/C19H19ClN2O3S/c1-19(2,3)12-6-4-11(5-7-12)16(23)22-18(26)21-13-8-9-14(17(24)25)15(20)10-13/h4-10H,1-3H3,(H,24,25)(H2,21,22,23,26). The number of carboxylic acid groups (broad SMARTS) is 1. The lowest BCUT2D eigenvalue weighted by molar-refractivity contribution is 0.0697. The van der Waals surface area contributed by atoms with Gasteiger partial charge in [0.15, 0.2) is 5.11 Å². The Morgan fingerprint density at radius 3 is 2.19 bits per heavy atom. The first-order chi connectivity index (χ1) is 12.1. The van der Waals surface area contributed by atoms with E-state index in [-0.39, 0.29) is 27.0 Å². The average molecular weight is 391 g/mol. The second-order valence-corrected chi connectivity index (χ2v) is 7.55. The molecule has 2 aromatic carbocycles. The number of carbonyl (C=O) groups is 2. The van der Waals surface area contributed by atoms with Crippen LogP contribution in [0.3, 0.4) is 0 Å². The van der Waals surface area contributed by atoms with Crippen LogP contribution < -0.4 is 10.6 Å². The molecule has 0 atom stereocenters. The SMILES string of the molecule is CC(C)(C)c1ccc(C(=O)NC(=S)Nc2ccc(C(=O)O)c(Cl)c2)cc1. The smallest absolute Gasteiger partial charge is 0.337 e. The van der Waals surface area contributed by atoms with Gasteiger partial charge in [-0.2, -0.15) is 0 Å². The molecule has 0 unspecified atom stereocenters. The molecule has 2 rings (SSSR count). The average Bonchev–Trinajstić information content (AvgIpc) is 2.53. The number of hydrogen-bond acceptors (Lipinski definition) is 3. The molecule has 0 saturated heterocycles. The van der Waals surface area contributed by atoms with Crippen LogP contribution in [0.5, 0.6) is 0 Å². The highest BCUT2D eigenvalue weighted by molar-refractivity contribution is 7.80. The van der Waals surface area contributed by atoms with E-state index in [2.05, 4.69) is 31.4 Å². The van der Waals surface area contributed by atoms with E-state index in [1.54, 1.807) is 12.1 Å². The molecule has 136 valence electrons. The molecule has 2 aromatic rings. The lowest BCUT2D eigenvalue weighted by Crippen LogP contribution is -2.34. The van der Waals surface area contributed by atoms with Crippen LogP contribution in [-0.4, -0.2) is 22.1 Å². The van der Waals surface area contributed by atoms with Gasteiger partial charge in [-0.15, -0.1) is 0 Å². The van der Waals surface area contributed by atoms with Crippen LogP contribution in [0.2, 0.25) is 5.02 Å². The summed E-state index contributed by atoms with van der Waals surface area (Å²) in [5.74, 6) is -1.45. The van der Waals surface area contributed by atoms with Crippen molar-refractivity contribution in [3.8, 4) is 0 Å². The summed E-state index contributed by atoms with van der Waals surface area (Å²) < 4.78 is 0. The number of thiocarbonyl (C=S) groups is 1. The van der Waals surface area contributed by atoms with Gasteiger partial charge in [-0.05, 0) is 53.5 Å². The predicted octanol–water partition coefficient (Wildman–Crippen LogP) is 4.46. The number of anilines is 1. The molecular formula is C19H19ClN2O3S. The Kier molecular flexibility index (Phi) is 6.00. The van der Waals surface area contributed by atoms with Crippen molar-refractivity contribution in [3.63, 3.8) is 0 Å². The first kappa shape index (κ1) is 19.9. The minimum absolute atomic E-state index is 0.00719. The van der Waals surface area contributed by atoms with Crippen molar-refractivity contribution in [3.05, 3.63) is 64.2 Å². The van der Waals surface area contributed by atoms with Gasteiger partial charge in [0.2, 0.25) is 0 Å². The monoisotopic (exact) mass is 390 g/mol. The first-order valence-corrected chi connectivity index (χ1v) is 8.62. The highest BCUT2D eigenvalue weighted by Crippen LogP contribution is 2.22. The zero-order valence-corrected chi connectivity index (χ0v) is 16.2. The number of amides is 1. The van der Waals surface area contributed by atoms with Crippen molar-refractivity contribution in [2.45, 2.75) is 26.2 Å². The Balaban J connectivity index is 2.02. The summed E-state index contributed by atoms with van der Waals surface area (Å²) in [5, 5.41) is 14.5. The Labute approximate surface area is 162 Å². The molecule has 0 aromatic heterocycles. The summed E-state index contributed by atoms with van der Waals surface area (Å²) in [5.41, 5.74) is 2.09. The van der Waals surface area contributed by atoms with Gasteiger partial charge in [0.1, 0.15) is 0 Å². The van der Waals surface area contributed by atoms with Gasteiger partial charge in [-0.1, -0.05) is 44.5 Å². The molecular weight excluding hydrogens is 372 g/mol. The number of nitrogens with one attached hydrogen (secondary N) is 2. The van der Waals surface area contributed by atoms with E-state index in [1.807, 2.05) is 12.1 Å². The molecule has 0 spiro atoms. The Morgan fingerprint density at radius 2 is 1.69 bits per heavy atom. The normalized spacial score (nSPS) is 10.9. The van der Waals surface area contributed by atoms with Crippen molar-refractivity contribution < 1.29 is 14.7 Å². The van der Waals surface area contributed by atoms with Crippen molar-refractivity contribution >= 4 is 46.5 Å². The molecule has 0 heterocycles. The first-order valence-electron chi connectivity index (χ1n) is 7.83. The maximum atomic E-state index is 12.3. The third-order valence-corrected chi connectivity index (χ3v) is 4.21. The Morgan fingerprint density at radius 1 is 1.08 bits per heavy atom. The predicted molar refractivity (Wildman–Crippen MR) is 107 cm³/mol. The van der Waals surface area contributed by atoms with Crippen LogP contribution in [0.1, 0.15) is 47.1 Å². The maximum Gasteiger partial charge on any atom is 0.337 e. The number of rotatable bonds is 3. The summed E-state index contributed by atoms with van der Waals surface area (Å²) in [6, 6.07) is 11.6. The van der Waals surface area contributed by atoms with E-state index >= 15 is 0 Å². The number of carbonyl (C=O) groups excluding carboxylic acids is 1. The highest BCUT2D eigenvalue weighted by atomic mass is 35.5. The summed E-state index contributed by atoms with van der Waals surface area (Å²) in [6.07, 6.45) is 0. The number of hydrogen-bond donors (Lipinski definition) is 3. The zero-order valence-electron chi connectivity index (χ0n) is 14.6. The lowest BCUT2D eigenvalue weighted by atomic mass is 9.87. The maximum absolute atomic E-state index is 12.3. The van der Waals surface area contributed by atoms with Crippen LogP contribution in [-0.2, 0) is 5.41 Å². The Hall–Kier alpha value is -2.44. The molecule has 0 radical (unpaired) electrons. The van der Waals surface area contributed by atoms with E-state index in [0.717, 1.165) is 5.56 Å². The van der Waals surface area contributed by atoms with Gasteiger partial charge in [0.25, 0.3) is 5.91 Å². The fourth-order valence-electron chi connectivity index (χ4n) is 2.23. The largest absolute Gasteiger partial charge is 0.478 e. The van der Waals surface area contributed by atoms with Crippen molar-refractivity contribution in [2.24, 2.45) is 0 Å². The molecule has 0 aliphatic rings. The molecule has 0 fully saturated rings. The molecule has 0 aliphatic heterocycles. The molecule has 1 amide bonds. The summed E-state index contributed by atoms with van der Waals surface area (Å²) in [6.45, 7) is 6.30. The molecule has 26 heavy (non-hydrogen) atoms. The van der Waals surface area contributed by atoms with Gasteiger partial charge >= 0.3 is 5.97 Å². The fourth-order valence-corrected chi connectivity index (χ4v) is 2.70. The number of aromatic carboxylic acids is 1. The minimum Gasteiger partial charge on any atom is -0.478 e. The highest BCUT2D eigenvalue weighted by Gasteiger charge is 2.15. The molecule has 0 bridgehead atoms. The van der Waals surface area contributed by atoms with Crippen LogP contribution in [0.15, 0.2) is 42.5 Å². The van der Waals surface area contributed by atoms with E-state index in [9.17, 15) is 9.59 Å². The number of carboxylic acids is 1. The van der Waals surface area contributed by atoms with E-state index in [1.165, 1.54) is 18.2 Å². The van der Waals surface area contributed by atoms with Crippen LogP contribution in [0.25, 0.3) is 0 Å². The number of benzene rings is 2. The fraction of sp³-hybridized carbons (Fsp3) is 0.211. The second kappa shape index (κ2) is 7.85. The van der Waals surface area contributed by atoms with E-state index in [4.69, 9.17) is 28.9 Å². The van der Waals surface area contributed by atoms with Crippen LogP contribution in [0.4, 0.5) is 5.69 Å². The van der Waals surface area contributed by atoms with Gasteiger partial charge in [-0.3, -0.25) is 10.1 Å². The molecule has 0 aliphatic carbocycles. The molecule has 5 nitrogen and oxygen atoms in total. The third-order valence-electron chi connectivity index (χ3n) is 3.70. The van der Waals surface area contributed by atoms with Gasteiger partial charge in [0.05, 0.1) is 10.6 Å². The molecule has 7 heteroatoms. The van der Waals surface area contributed by atoms with Crippen molar-refractivity contribution in [2.75, 3.05) is 5.32 Å². The van der Waals surface area contributed by atoms with Gasteiger partial charge < -0.3 is 10.4 Å². The summed E-state index contributed by atoms with van der Waals surface area (Å²) in [4.78, 5) is 23.2. The minimum atomic E-state index is -1.11. The topological polar surface area (TPSA) is 78.4 Å². The summed E-state index contributed by atoms with van der Waals surface area (Å²) in [7, 11) is 0. The molecule has 3 N–H and O–H groups in total. The number of halogens is 1. The third kappa shape index (κ3) is 5.03. The van der Waals surface area contributed by atoms with E-state index in [0.29, 0.717) is 11.3 Å². The zero-order chi connectivity index (χ0) is 19.5. The van der Waals surface area contributed by atoms with Gasteiger partial charge in [-0.25, -0.2) is 4.79 Å². The van der Waals surface area contributed by atoms with Gasteiger partial charge in [0, 0.05) is 11.3 Å². The lowest BCUT2D eigenvalue weighted by Gasteiger charge is -2.19. The van der Waals surface area contributed by atoms with Crippen molar-refractivity contribution in [1.82, 2.24) is 5.32 Å². The van der Waals surface area contributed by atoms with E-state index < -0.39 is 5.97 Å².